The van der Waals surface area contributed by atoms with E-state index in [4.69, 9.17) is 0 Å². The molecular weight excluding hydrogens is 330 g/mol. The molecule has 2 aromatic heterocycles. The van der Waals surface area contributed by atoms with Gasteiger partial charge in [0.05, 0.1) is 17.0 Å². The Labute approximate surface area is 143 Å². The average Bonchev–Trinajstić information content (AvgIpc) is 3.28. The predicted octanol–water partition coefficient (Wildman–Crippen LogP) is 2.54. The molecule has 2 aromatic rings. The number of nitrogens with zero attached hydrogens (tertiary/aromatic N) is 2. The molecule has 0 unspecified atom stereocenters. The summed E-state index contributed by atoms with van der Waals surface area (Å²) in [5.74, 6) is 0.0543. The summed E-state index contributed by atoms with van der Waals surface area (Å²) < 4.78 is 0. The van der Waals surface area contributed by atoms with Crippen molar-refractivity contribution >= 4 is 34.5 Å². The Kier molecular flexibility index (Phi) is 5.40. The molecule has 1 aliphatic heterocycles. The van der Waals surface area contributed by atoms with Gasteiger partial charge in [-0.1, -0.05) is 6.07 Å². The molecule has 3 rings (SSSR count). The van der Waals surface area contributed by atoms with Crippen LogP contribution in [0.15, 0.2) is 22.9 Å². The second-order valence-electron chi connectivity index (χ2n) is 5.49. The van der Waals surface area contributed by atoms with Gasteiger partial charge in [0, 0.05) is 31.4 Å². The maximum atomic E-state index is 11.9. The van der Waals surface area contributed by atoms with Crippen molar-refractivity contribution in [1.82, 2.24) is 15.2 Å². The number of rotatable bonds is 6. The lowest BCUT2D eigenvalue weighted by atomic mass is 10.3. The summed E-state index contributed by atoms with van der Waals surface area (Å²) in [6.45, 7) is 2.12. The van der Waals surface area contributed by atoms with E-state index < -0.39 is 0 Å². The molecule has 0 bridgehead atoms. The van der Waals surface area contributed by atoms with Crippen molar-refractivity contribution in [2.45, 2.75) is 25.7 Å². The van der Waals surface area contributed by atoms with E-state index in [0.717, 1.165) is 41.5 Å². The first kappa shape index (κ1) is 16.1. The van der Waals surface area contributed by atoms with Crippen LogP contribution in [-0.2, 0) is 16.0 Å². The van der Waals surface area contributed by atoms with Crippen LogP contribution in [0.2, 0.25) is 0 Å². The smallest absolute Gasteiger partial charge is 0.226 e. The number of thiophene rings is 1. The number of likely N-dealkylation sites (tertiary alicyclic amines) is 1. The van der Waals surface area contributed by atoms with Gasteiger partial charge in [-0.05, 0) is 24.3 Å². The summed E-state index contributed by atoms with van der Waals surface area (Å²) in [5.41, 5.74) is 0.779. The van der Waals surface area contributed by atoms with E-state index in [1.165, 1.54) is 0 Å². The minimum Gasteiger partial charge on any atom is -0.355 e. The van der Waals surface area contributed by atoms with Crippen LogP contribution in [-0.4, -0.2) is 41.3 Å². The van der Waals surface area contributed by atoms with E-state index in [2.05, 4.69) is 10.3 Å². The quantitative estimate of drug-likeness (QED) is 0.872. The molecule has 7 heteroatoms. The fourth-order valence-corrected chi connectivity index (χ4v) is 4.20. The molecule has 1 aliphatic rings. The minimum atomic E-state index is -0.0812. The maximum absolute atomic E-state index is 11.9. The Morgan fingerprint density at radius 3 is 2.83 bits per heavy atom. The third-order valence-corrected chi connectivity index (χ3v) is 5.68. The standard InChI is InChI=1S/C16H19N3O2S2/c20-14(17-6-5-15(21)19-7-1-2-8-19)10-12-11-23-16(18-12)13-4-3-9-22-13/h3-4,9,11H,1-2,5-8,10H2,(H,17,20). The Hall–Kier alpha value is -1.73. The molecular formula is C16H19N3O2S2. The SMILES string of the molecule is O=C(Cc1csc(-c2cccs2)n1)NCCC(=O)N1CCCC1. The number of amides is 2. The zero-order valence-electron chi connectivity index (χ0n) is 12.8. The molecule has 23 heavy (non-hydrogen) atoms. The molecule has 1 fully saturated rings. The molecule has 2 amide bonds. The molecule has 1 N–H and O–H groups in total. The van der Waals surface area contributed by atoms with Crippen molar-refractivity contribution in [2.24, 2.45) is 0 Å². The summed E-state index contributed by atoms with van der Waals surface area (Å²) in [6, 6.07) is 4.02. The molecule has 0 radical (unpaired) electrons. The summed E-state index contributed by atoms with van der Waals surface area (Å²) in [7, 11) is 0. The normalized spacial score (nSPS) is 14.2. The van der Waals surface area contributed by atoms with Crippen LogP contribution < -0.4 is 5.32 Å². The molecule has 1 saturated heterocycles. The highest BCUT2D eigenvalue weighted by atomic mass is 32.1. The van der Waals surface area contributed by atoms with Crippen LogP contribution in [0.3, 0.4) is 0 Å². The monoisotopic (exact) mass is 349 g/mol. The van der Waals surface area contributed by atoms with E-state index in [-0.39, 0.29) is 18.2 Å². The third-order valence-electron chi connectivity index (χ3n) is 3.75. The molecule has 0 spiro atoms. The van der Waals surface area contributed by atoms with E-state index in [1.807, 2.05) is 27.8 Å². The van der Waals surface area contributed by atoms with Crippen molar-refractivity contribution in [1.29, 1.82) is 0 Å². The Bertz CT molecular complexity index is 661. The molecule has 0 aliphatic carbocycles. The van der Waals surface area contributed by atoms with Crippen LogP contribution in [0.25, 0.3) is 9.88 Å². The molecule has 0 aromatic carbocycles. The Morgan fingerprint density at radius 2 is 2.09 bits per heavy atom. The van der Waals surface area contributed by atoms with Gasteiger partial charge in [0.15, 0.2) is 0 Å². The van der Waals surface area contributed by atoms with Gasteiger partial charge >= 0.3 is 0 Å². The van der Waals surface area contributed by atoms with Crippen LogP contribution in [0, 0.1) is 0 Å². The third kappa shape index (κ3) is 4.39. The van der Waals surface area contributed by atoms with Crippen molar-refractivity contribution < 1.29 is 9.59 Å². The number of hydrogen-bond donors (Lipinski definition) is 1. The van der Waals surface area contributed by atoms with Crippen LogP contribution in [0.1, 0.15) is 25.0 Å². The number of thiazole rings is 1. The molecule has 5 nitrogen and oxygen atoms in total. The molecule has 0 atom stereocenters. The zero-order chi connectivity index (χ0) is 16.1. The van der Waals surface area contributed by atoms with Gasteiger partial charge in [0.1, 0.15) is 5.01 Å². The van der Waals surface area contributed by atoms with Crippen molar-refractivity contribution in [3.05, 3.63) is 28.6 Å². The highest BCUT2D eigenvalue weighted by Crippen LogP contribution is 2.27. The topological polar surface area (TPSA) is 62.3 Å². The number of carbonyl (C=O) groups is 2. The lowest BCUT2D eigenvalue weighted by Crippen LogP contribution is -2.33. The van der Waals surface area contributed by atoms with E-state index >= 15 is 0 Å². The van der Waals surface area contributed by atoms with Gasteiger partial charge in [0.2, 0.25) is 11.8 Å². The molecule has 3 heterocycles. The van der Waals surface area contributed by atoms with E-state index in [1.54, 1.807) is 22.7 Å². The summed E-state index contributed by atoms with van der Waals surface area (Å²) in [5, 5.41) is 7.70. The zero-order valence-corrected chi connectivity index (χ0v) is 14.4. The van der Waals surface area contributed by atoms with Gasteiger partial charge in [-0.3, -0.25) is 9.59 Å². The second-order valence-corrected chi connectivity index (χ2v) is 7.29. The van der Waals surface area contributed by atoms with Crippen molar-refractivity contribution in [3.8, 4) is 9.88 Å². The largest absolute Gasteiger partial charge is 0.355 e. The van der Waals surface area contributed by atoms with Crippen LogP contribution in [0.4, 0.5) is 0 Å². The lowest BCUT2D eigenvalue weighted by Gasteiger charge is -2.15. The van der Waals surface area contributed by atoms with Crippen LogP contribution >= 0.6 is 22.7 Å². The van der Waals surface area contributed by atoms with E-state index in [9.17, 15) is 9.59 Å². The number of aromatic nitrogens is 1. The fraction of sp³-hybridized carbons (Fsp3) is 0.438. The Balaban J connectivity index is 1.42. The summed E-state index contributed by atoms with van der Waals surface area (Å²) in [4.78, 5) is 31.3. The first-order valence-corrected chi connectivity index (χ1v) is 9.51. The summed E-state index contributed by atoms with van der Waals surface area (Å²) in [6.07, 6.45) is 2.83. The number of nitrogens with one attached hydrogen (secondary N) is 1. The summed E-state index contributed by atoms with van der Waals surface area (Å²) >= 11 is 3.20. The Morgan fingerprint density at radius 1 is 1.26 bits per heavy atom. The van der Waals surface area contributed by atoms with Gasteiger partial charge in [0.25, 0.3) is 0 Å². The average molecular weight is 349 g/mol. The number of carbonyl (C=O) groups excluding carboxylic acids is 2. The van der Waals surface area contributed by atoms with Crippen molar-refractivity contribution in [3.63, 3.8) is 0 Å². The number of hydrogen-bond acceptors (Lipinski definition) is 5. The first-order valence-electron chi connectivity index (χ1n) is 7.75. The van der Waals surface area contributed by atoms with Crippen LogP contribution in [0.5, 0.6) is 0 Å². The molecule has 122 valence electrons. The second kappa shape index (κ2) is 7.70. The van der Waals surface area contributed by atoms with E-state index in [0.29, 0.717) is 13.0 Å². The molecule has 0 saturated carbocycles. The fourth-order valence-electron chi connectivity index (χ4n) is 2.56. The highest BCUT2D eigenvalue weighted by Gasteiger charge is 2.17. The van der Waals surface area contributed by atoms with Crippen molar-refractivity contribution in [2.75, 3.05) is 19.6 Å². The predicted molar refractivity (Wildman–Crippen MR) is 92.6 cm³/mol. The minimum absolute atomic E-state index is 0.0812. The van der Waals surface area contributed by atoms with Gasteiger partial charge in [-0.25, -0.2) is 4.98 Å². The lowest BCUT2D eigenvalue weighted by molar-refractivity contribution is -0.130. The van der Waals surface area contributed by atoms with Gasteiger partial charge in [-0.2, -0.15) is 0 Å². The maximum Gasteiger partial charge on any atom is 0.226 e. The highest BCUT2D eigenvalue weighted by molar-refractivity contribution is 7.20. The first-order chi connectivity index (χ1) is 11.2. The van der Waals surface area contributed by atoms with Gasteiger partial charge < -0.3 is 10.2 Å². The van der Waals surface area contributed by atoms with Gasteiger partial charge in [-0.15, -0.1) is 22.7 Å².